The van der Waals surface area contributed by atoms with Crippen LogP contribution < -0.4 is 11.1 Å². The van der Waals surface area contributed by atoms with Crippen molar-refractivity contribution in [3.05, 3.63) is 0 Å². The average molecular weight is 338 g/mol. The van der Waals surface area contributed by atoms with Gasteiger partial charge in [0.25, 0.3) is 0 Å². The third kappa shape index (κ3) is 5.65. The fourth-order valence-electron chi connectivity index (χ4n) is 3.96. The van der Waals surface area contributed by atoms with Gasteiger partial charge in [0.05, 0.1) is 0 Å². The standard InChI is InChI=1S/C18H34N4O2/c1-3-5-16(20-18(19)24)17(23)22-9-4-6-15(13-22)12-21-10-7-14(2)8-11-21/h14-16H,3-13H2,1-2H3,(H3,19,20,24)/t15?,16-/m1/s1. The second kappa shape index (κ2) is 9.25. The van der Waals surface area contributed by atoms with Gasteiger partial charge in [-0.15, -0.1) is 0 Å². The summed E-state index contributed by atoms with van der Waals surface area (Å²) in [6.07, 6.45) is 6.31. The summed E-state index contributed by atoms with van der Waals surface area (Å²) in [5.41, 5.74) is 5.23. The van der Waals surface area contributed by atoms with Crippen LogP contribution in [0.2, 0.25) is 0 Å². The highest BCUT2D eigenvalue weighted by atomic mass is 16.2. The molecular weight excluding hydrogens is 304 g/mol. The SMILES string of the molecule is CCC[C@@H](NC(N)=O)C(=O)N1CCCC(CN2CCC(C)CC2)C1. The number of primary amides is 1. The molecule has 0 aromatic carbocycles. The van der Waals surface area contributed by atoms with Crippen LogP contribution in [0.4, 0.5) is 4.79 Å². The first-order valence-corrected chi connectivity index (χ1v) is 9.56. The lowest BCUT2D eigenvalue weighted by Crippen LogP contribution is -2.53. The predicted molar refractivity (Wildman–Crippen MR) is 95.6 cm³/mol. The van der Waals surface area contributed by atoms with Crippen molar-refractivity contribution in [1.29, 1.82) is 0 Å². The number of amides is 3. The Morgan fingerprint density at radius 1 is 1.21 bits per heavy atom. The minimum absolute atomic E-state index is 0.0348. The lowest BCUT2D eigenvalue weighted by molar-refractivity contribution is -0.135. The van der Waals surface area contributed by atoms with E-state index < -0.39 is 12.1 Å². The number of hydrogen-bond acceptors (Lipinski definition) is 3. The molecular formula is C18H34N4O2. The average Bonchev–Trinajstić information content (AvgIpc) is 2.56. The molecule has 0 radical (unpaired) electrons. The summed E-state index contributed by atoms with van der Waals surface area (Å²) in [5, 5.41) is 2.62. The van der Waals surface area contributed by atoms with Crippen molar-refractivity contribution in [3.8, 4) is 0 Å². The molecule has 1 unspecified atom stereocenters. The lowest BCUT2D eigenvalue weighted by atomic mass is 9.94. The summed E-state index contributed by atoms with van der Waals surface area (Å²) < 4.78 is 0. The van der Waals surface area contributed by atoms with E-state index in [1.807, 2.05) is 11.8 Å². The molecule has 0 aliphatic carbocycles. The van der Waals surface area contributed by atoms with Crippen LogP contribution >= 0.6 is 0 Å². The zero-order valence-electron chi connectivity index (χ0n) is 15.3. The lowest BCUT2D eigenvalue weighted by Gasteiger charge is -2.38. The molecule has 138 valence electrons. The van der Waals surface area contributed by atoms with E-state index in [9.17, 15) is 9.59 Å². The van der Waals surface area contributed by atoms with E-state index >= 15 is 0 Å². The largest absolute Gasteiger partial charge is 0.352 e. The highest BCUT2D eigenvalue weighted by Crippen LogP contribution is 2.22. The Labute approximate surface area is 146 Å². The van der Waals surface area contributed by atoms with Crippen molar-refractivity contribution < 1.29 is 9.59 Å². The van der Waals surface area contributed by atoms with Crippen molar-refractivity contribution in [2.24, 2.45) is 17.6 Å². The van der Waals surface area contributed by atoms with E-state index in [4.69, 9.17) is 5.73 Å². The summed E-state index contributed by atoms with van der Waals surface area (Å²) in [6.45, 7) is 9.43. The number of nitrogens with two attached hydrogens (primary N) is 1. The molecule has 3 amide bonds. The topological polar surface area (TPSA) is 78.7 Å². The van der Waals surface area contributed by atoms with Crippen molar-refractivity contribution >= 4 is 11.9 Å². The van der Waals surface area contributed by atoms with E-state index in [1.54, 1.807) is 0 Å². The number of hydrogen-bond donors (Lipinski definition) is 2. The number of piperidine rings is 2. The molecule has 0 aromatic rings. The van der Waals surface area contributed by atoms with E-state index in [0.717, 1.165) is 38.4 Å². The maximum absolute atomic E-state index is 12.7. The Balaban J connectivity index is 1.86. The third-order valence-electron chi connectivity index (χ3n) is 5.42. The molecule has 3 N–H and O–H groups in total. The number of carbonyl (C=O) groups excluding carboxylic acids is 2. The van der Waals surface area contributed by atoms with Gasteiger partial charge in [-0.05, 0) is 57.0 Å². The summed E-state index contributed by atoms with van der Waals surface area (Å²) in [4.78, 5) is 28.4. The van der Waals surface area contributed by atoms with E-state index in [-0.39, 0.29) is 5.91 Å². The van der Waals surface area contributed by atoms with E-state index in [0.29, 0.717) is 12.3 Å². The van der Waals surface area contributed by atoms with Crippen LogP contribution in [-0.2, 0) is 4.79 Å². The number of rotatable bonds is 6. The van der Waals surface area contributed by atoms with Crippen LogP contribution in [0.25, 0.3) is 0 Å². The molecule has 24 heavy (non-hydrogen) atoms. The summed E-state index contributed by atoms with van der Waals surface area (Å²) in [7, 11) is 0. The quantitative estimate of drug-likeness (QED) is 0.775. The smallest absolute Gasteiger partial charge is 0.312 e. The first-order valence-electron chi connectivity index (χ1n) is 9.56. The van der Waals surface area contributed by atoms with Gasteiger partial charge in [-0.2, -0.15) is 0 Å². The van der Waals surface area contributed by atoms with E-state index in [1.165, 1.54) is 32.4 Å². The molecule has 2 fully saturated rings. The van der Waals surface area contributed by atoms with Crippen LogP contribution in [0.15, 0.2) is 0 Å². The number of nitrogens with zero attached hydrogens (tertiary/aromatic N) is 2. The molecule has 2 saturated heterocycles. The normalized spacial score (nSPS) is 24.6. The Morgan fingerprint density at radius 2 is 1.92 bits per heavy atom. The first kappa shape index (κ1) is 19.0. The molecule has 6 heteroatoms. The minimum atomic E-state index is -0.613. The van der Waals surface area contributed by atoms with Gasteiger partial charge in [0.1, 0.15) is 6.04 Å². The monoisotopic (exact) mass is 338 g/mol. The molecule has 2 atom stereocenters. The van der Waals surface area contributed by atoms with Gasteiger partial charge in [0, 0.05) is 19.6 Å². The molecule has 0 bridgehead atoms. The van der Waals surface area contributed by atoms with Gasteiger partial charge < -0.3 is 20.9 Å². The van der Waals surface area contributed by atoms with Crippen LogP contribution in [0, 0.1) is 11.8 Å². The fraction of sp³-hybridized carbons (Fsp3) is 0.889. The molecule has 2 heterocycles. The van der Waals surface area contributed by atoms with Gasteiger partial charge >= 0.3 is 6.03 Å². The molecule has 2 aliphatic rings. The molecule has 0 spiro atoms. The molecule has 2 rings (SSSR count). The molecule has 2 aliphatic heterocycles. The highest BCUT2D eigenvalue weighted by Gasteiger charge is 2.30. The van der Waals surface area contributed by atoms with Gasteiger partial charge in [-0.25, -0.2) is 4.79 Å². The third-order valence-corrected chi connectivity index (χ3v) is 5.42. The van der Waals surface area contributed by atoms with Crippen LogP contribution in [0.3, 0.4) is 0 Å². The Kier molecular flexibility index (Phi) is 7.34. The predicted octanol–water partition coefficient (Wildman–Crippen LogP) is 1.79. The minimum Gasteiger partial charge on any atom is -0.352 e. The van der Waals surface area contributed by atoms with Gasteiger partial charge in [0.15, 0.2) is 0 Å². The zero-order chi connectivity index (χ0) is 17.5. The maximum Gasteiger partial charge on any atom is 0.312 e. The van der Waals surface area contributed by atoms with Crippen LogP contribution in [-0.4, -0.2) is 60.5 Å². The zero-order valence-corrected chi connectivity index (χ0v) is 15.3. The maximum atomic E-state index is 12.7. The summed E-state index contributed by atoms with van der Waals surface area (Å²) in [6, 6.07) is -1.08. The molecule has 6 nitrogen and oxygen atoms in total. The fourth-order valence-corrected chi connectivity index (χ4v) is 3.96. The molecule has 0 aromatic heterocycles. The number of urea groups is 1. The van der Waals surface area contributed by atoms with E-state index in [2.05, 4.69) is 17.1 Å². The van der Waals surface area contributed by atoms with Gasteiger partial charge in [-0.3, -0.25) is 4.79 Å². The number of carbonyl (C=O) groups is 2. The second-order valence-electron chi connectivity index (χ2n) is 7.63. The Morgan fingerprint density at radius 3 is 2.54 bits per heavy atom. The Hall–Kier alpha value is -1.30. The van der Waals surface area contributed by atoms with Gasteiger partial charge in [-0.1, -0.05) is 20.3 Å². The summed E-state index contributed by atoms with van der Waals surface area (Å²) >= 11 is 0. The second-order valence-corrected chi connectivity index (χ2v) is 7.63. The van der Waals surface area contributed by atoms with Crippen molar-refractivity contribution in [1.82, 2.24) is 15.1 Å². The Bertz CT molecular complexity index is 421. The first-order chi connectivity index (χ1) is 11.5. The van der Waals surface area contributed by atoms with Gasteiger partial charge in [0.2, 0.25) is 5.91 Å². The van der Waals surface area contributed by atoms with Crippen molar-refractivity contribution in [2.45, 2.75) is 58.4 Å². The number of nitrogens with one attached hydrogen (secondary N) is 1. The van der Waals surface area contributed by atoms with Crippen LogP contribution in [0.5, 0.6) is 0 Å². The summed E-state index contributed by atoms with van der Waals surface area (Å²) in [5.74, 6) is 1.43. The van der Waals surface area contributed by atoms with Crippen molar-refractivity contribution in [3.63, 3.8) is 0 Å². The number of likely N-dealkylation sites (tertiary alicyclic amines) is 2. The molecule has 0 saturated carbocycles. The van der Waals surface area contributed by atoms with Crippen molar-refractivity contribution in [2.75, 3.05) is 32.7 Å². The highest BCUT2D eigenvalue weighted by molar-refractivity contribution is 5.86. The van der Waals surface area contributed by atoms with Crippen LogP contribution in [0.1, 0.15) is 52.4 Å².